The molecule has 1 rings (SSSR count). The number of hydrogen-bond acceptors (Lipinski definition) is 3. The van der Waals surface area contributed by atoms with Crippen LogP contribution in [0.5, 0.6) is 0 Å². The molecule has 2 unspecified atom stereocenters. The number of aliphatic hydroxyl groups is 1. The van der Waals surface area contributed by atoms with Gasteiger partial charge >= 0.3 is 0 Å². The molecule has 2 N–H and O–H groups in total. The van der Waals surface area contributed by atoms with Gasteiger partial charge in [-0.1, -0.05) is 6.92 Å². The van der Waals surface area contributed by atoms with E-state index in [1.807, 2.05) is 7.05 Å². The van der Waals surface area contributed by atoms with Crippen molar-refractivity contribution in [3.63, 3.8) is 0 Å². The van der Waals surface area contributed by atoms with Crippen LogP contribution in [0, 0.1) is 5.41 Å². The summed E-state index contributed by atoms with van der Waals surface area (Å²) in [4.78, 5) is 14.1. The van der Waals surface area contributed by atoms with Crippen molar-refractivity contribution >= 4 is 5.91 Å². The van der Waals surface area contributed by atoms with E-state index >= 15 is 0 Å². The molecule has 94 valence electrons. The molecule has 16 heavy (non-hydrogen) atoms. The van der Waals surface area contributed by atoms with Gasteiger partial charge in [0.2, 0.25) is 5.91 Å². The minimum absolute atomic E-state index is 0.201. The molecule has 0 radical (unpaired) electrons. The van der Waals surface area contributed by atoms with Gasteiger partial charge in [-0.15, -0.1) is 0 Å². The molecule has 1 aliphatic rings. The summed E-state index contributed by atoms with van der Waals surface area (Å²) in [6, 6.07) is 0. The monoisotopic (exact) mass is 228 g/mol. The molecular formula is C12H24N2O2. The van der Waals surface area contributed by atoms with Crippen LogP contribution in [-0.2, 0) is 4.79 Å². The summed E-state index contributed by atoms with van der Waals surface area (Å²) < 4.78 is 0. The largest absolute Gasteiger partial charge is 0.393 e. The fourth-order valence-corrected chi connectivity index (χ4v) is 2.27. The Balaban J connectivity index is 2.54. The van der Waals surface area contributed by atoms with E-state index in [-0.39, 0.29) is 17.4 Å². The molecule has 0 aromatic rings. The van der Waals surface area contributed by atoms with Crippen molar-refractivity contribution in [2.24, 2.45) is 5.41 Å². The highest BCUT2D eigenvalue weighted by molar-refractivity contribution is 5.83. The first-order chi connectivity index (χ1) is 7.52. The van der Waals surface area contributed by atoms with E-state index in [9.17, 15) is 9.90 Å². The zero-order chi connectivity index (χ0) is 12.2. The van der Waals surface area contributed by atoms with Gasteiger partial charge in [0.05, 0.1) is 11.5 Å². The Kier molecular flexibility index (Phi) is 4.74. The van der Waals surface area contributed by atoms with Gasteiger partial charge in [-0.05, 0) is 32.7 Å². The molecule has 0 saturated carbocycles. The lowest BCUT2D eigenvalue weighted by molar-refractivity contribution is -0.140. The van der Waals surface area contributed by atoms with Gasteiger partial charge in [-0.25, -0.2) is 0 Å². The zero-order valence-electron chi connectivity index (χ0n) is 10.6. The Bertz CT molecular complexity index is 235. The maximum absolute atomic E-state index is 12.3. The molecule has 1 fully saturated rings. The van der Waals surface area contributed by atoms with Gasteiger partial charge in [0, 0.05) is 20.1 Å². The van der Waals surface area contributed by atoms with Crippen molar-refractivity contribution in [3.8, 4) is 0 Å². The zero-order valence-corrected chi connectivity index (χ0v) is 10.6. The molecule has 0 aromatic heterocycles. The molecule has 4 heteroatoms. The van der Waals surface area contributed by atoms with E-state index in [0.29, 0.717) is 13.0 Å². The lowest BCUT2D eigenvalue weighted by Gasteiger charge is -2.31. The minimum Gasteiger partial charge on any atom is -0.393 e. The van der Waals surface area contributed by atoms with Gasteiger partial charge in [-0.2, -0.15) is 0 Å². The standard InChI is InChI=1S/C12H24N2O2/c1-4-12(6-7-13-9-12)11(16)14(3)8-5-10(2)15/h10,13,15H,4-9H2,1-3H3. The van der Waals surface area contributed by atoms with Crippen LogP contribution in [-0.4, -0.2) is 48.7 Å². The van der Waals surface area contributed by atoms with E-state index in [0.717, 1.165) is 25.9 Å². The van der Waals surface area contributed by atoms with E-state index in [4.69, 9.17) is 0 Å². The van der Waals surface area contributed by atoms with Crippen molar-refractivity contribution in [1.29, 1.82) is 0 Å². The molecular weight excluding hydrogens is 204 g/mol. The summed E-state index contributed by atoms with van der Waals surface area (Å²) in [5.74, 6) is 0.223. The molecule has 1 amide bonds. The Labute approximate surface area is 98.0 Å². The minimum atomic E-state index is -0.338. The van der Waals surface area contributed by atoms with Gasteiger partial charge in [-0.3, -0.25) is 4.79 Å². The van der Waals surface area contributed by atoms with Crippen LogP contribution in [0.4, 0.5) is 0 Å². The highest BCUT2D eigenvalue weighted by Gasteiger charge is 2.40. The molecule has 1 heterocycles. The summed E-state index contributed by atoms with van der Waals surface area (Å²) in [7, 11) is 1.83. The third-order valence-electron chi connectivity index (χ3n) is 3.60. The molecule has 0 bridgehead atoms. The quantitative estimate of drug-likeness (QED) is 0.725. The second kappa shape index (κ2) is 5.64. The average molecular weight is 228 g/mol. The van der Waals surface area contributed by atoms with Crippen molar-refractivity contribution in [2.75, 3.05) is 26.7 Å². The summed E-state index contributed by atoms with van der Waals surface area (Å²) in [5.41, 5.74) is -0.201. The predicted molar refractivity (Wildman–Crippen MR) is 64.1 cm³/mol. The van der Waals surface area contributed by atoms with Crippen LogP contribution >= 0.6 is 0 Å². The average Bonchev–Trinajstić information content (AvgIpc) is 2.74. The van der Waals surface area contributed by atoms with Crippen LogP contribution in [0.15, 0.2) is 0 Å². The maximum Gasteiger partial charge on any atom is 0.229 e. The van der Waals surface area contributed by atoms with Crippen molar-refractivity contribution in [2.45, 2.75) is 39.2 Å². The highest BCUT2D eigenvalue weighted by atomic mass is 16.3. The third kappa shape index (κ3) is 2.95. The first kappa shape index (κ1) is 13.5. The lowest BCUT2D eigenvalue weighted by atomic mass is 9.83. The van der Waals surface area contributed by atoms with Crippen LogP contribution in [0.25, 0.3) is 0 Å². The molecule has 0 spiro atoms. The number of rotatable bonds is 5. The van der Waals surface area contributed by atoms with Gasteiger partial charge in [0.25, 0.3) is 0 Å². The second-order valence-electron chi connectivity index (χ2n) is 4.93. The lowest BCUT2D eigenvalue weighted by Crippen LogP contribution is -2.44. The predicted octanol–water partition coefficient (Wildman–Crippen LogP) is 0.605. The molecule has 1 saturated heterocycles. The van der Waals surface area contributed by atoms with Crippen LogP contribution in [0.1, 0.15) is 33.1 Å². The van der Waals surface area contributed by atoms with Crippen molar-refractivity contribution in [1.82, 2.24) is 10.2 Å². The van der Waals surface area contributed by atoms with Crippen LogP contribution in [0.3, 0.4) is 0 Å². The summed E-state index contributed by atoms with van der Waals surface area (Å²) in [6.45, 7) is 6.20. The van der Waals surface area contributed by atoms with Crippen molar-refractivity contribution < 1.29 is 9.90 Å². The fourth-order valence-electron chi connectivity index (χ4n) is 2.27. The van der Waals surface area contributed by atoms with Gasteiger partial charge in [0.15, 0.2) is 0 Å². The highest BCUT2D eigenvalue weighted by Crippen LogP contribution is 2.31. The summed E-state index contributed by atoms with van der Waals surface area (Å²) in [6.07, 6.45) is 2.13. The number of aliphatic hydroxyl groups excluding tert-OH is 1. The fraction of sp³-hybridized carbons (Fsp3) is 0.917. The number of carbonyl (C=O) groups is 1. The van der Waals surface area contributed by atoms with Crippen molar-refractivity contribution in [3.05, 3.63) is 0 Å². The third-order valence-corrected chi connectivity index (χ3v) is 3.60. The number of nitrogens with zero attached hydrogens (tertiary/aromatic N) is 1. The smallest absolute Gasteiger partial charge is 0.229 e. The first-order valence-corrected chi connectivity index (χ1v) is 6.16. The Morgan fingerprint density at radius 1 is 1.62 bits per heavy atom. The van der Waals surface area contributed by atoms with E-state index < -0.39 is 0 Å². The summed E-state index contributed by atoms with van der Waals surface area (Å²) in [5, 5.41) is 12.5. The molecule has 0 aromatic carbocycles. The Morgan fingerprint density at radius 2 is 2.31 bits per heavy atom. The maximum atomic E-state index is 12.3. The number of amides is 1. The molecule has 4 nitrogen and oxygen atoms in total. The normalized spacial score (nSPS) is 26.8. The Morgan fingerprint density at radius 3 is 2.75 bits per heavy atom. The molecule has 2 atom stereocenters. The Hall–Kier alpha value is -0.610. The number of hydrogen-bond donors (Lipinski definition) is 2. The number of nitrogens with one attached hydrogen (secondary N) is 1. The summed E-state index contributed by atoms with van der Waals surface area (Å²) >= 11 is 0. The van der Waals surface area contributed by atoms with Crippen LogP contribution in [0.2, 0.25) is 0 Å². The van der Waals surface area contributed by atoms with E-state index in [1.54, 1.807) is 11.8 Å². The second-order valence-corrected chi connectivity index (χ2v) is 4.93. The number of carbonyl (C=O) groups excluding carboxylic acids is 1. The van der Waals surface area contributed by atoms with Crippen LogP contribution < -0.4 is 5.32 Å². The van der Waals surface area contributed by atoms with Gasteiger partial charge in [0.1, 0.15) is 0 Å². The molecule has 1 aliphatic heterocycles. The topological polar surface area (TPSA) is 52.6 Å². The van der Waals surface area contributed by atoms with E-state index in [1.165, 1.54) is 0 Å². The first-order valence-electron chi connectivity index (χ1n) is 6.16. The molecule has 0 aliphatic carbocycles. The van der Waals surface area contributed by atoms with Gasteiger partial charge < -0.3 is 15.3 Å². The van der Waals surface area contributed by atoms with E-state index in [2.05, 4.69) is 12.2 Å². The SMILES string of the molecule is CCC1(C(=O)N(C)CCC(C)O)CCNC1.